The molecular formula is C26H30F4N2OS. The molecule has 0 bridgehead atoms. The monoisotopic (exact) mass is 494 g/mol. The van der Waals surface area contributed by atoms with Gasteiger partial charge in [-0.15, -0.1) is 0 Å². The molecule has 0 fully saturated rings. The van der Waals surface area contributed by atoms with Crippen LogP contribution in [0.5, 0.6) is 0 Å². The summed E-state index contributed by atoms with van der Waals surface area (Å²) in [6.45, 7) is 11.0. The standard InChI is InChI=1S/C26H30F4N2OS/c1-24(2,3)16-32-15-20(22(14-27)31-34(33)25(4,5)6)19-12-11-17(13-23(19)32)18-9-7-8-10-21(18)26(28,29)30/h7-13,15H,14,16H2,1-6H3/b31-22-/t34-/m0/s1. The van der Waals surface area contributed by atoms with Crippen molar-refractivity contribution in [2.75, 3.05) is 6.67 Å². The third-order valence-electron chi connectivity index (χ3n) is 5.22. The fraction of sp³-hybridized carbons (Fsp3) is 0.423. The van der Waals surface area contributed by atoms with Crippen molar-refractivity contribution in [2.24, 2.45) is 9.81 Å². The van der Waals surface area contributed by atoms with Crippen molar-refractivity contribution in [2.45, 2.75) is 59.0 Å². The summed E-state index contributed by atoms with van der Waals surface area (Å²) in [4.78, 5) is 0. The van der Waals surface area contributed by atoms with Gasteiger partial charge in [-0.3, -0.25) is 0 Å². The molecule has 3 nitrogen and oxygen atoms in total. The van der Waals surface area contributed by atoms with Crippen LogP contribution in [0.3, 0.4) is 0 Å². The molecule has 0 amide bonds. The molecule has 34 heavy (non-hydrogen) atoms. The second kappa shape index (κ2) is 9.29. The summed E-state index contributed by atoms with van der Waals surface area (Å²) in [5, 5.41) is 0.653. The van der Waals surface area contributed by atoms with Crippen LogP contribution in [-0.2, 0) is 23.7 Å². The zero-order valence-electron chi connectivity index (χ0n) is 20.3. The van der Waals surface area contributed by atoms with Gasteiger partial charge >= 0.3 is 6.18 Å². The first-order valence-electron chi connectivity index (χ1n) is 11.0. The van der Waals surface area contributed by atoms with Crippen LogP contribution in [0.1, 0.15) is 52.7 Å². The lowest BCUT2D eigenvalue weighted by molar-refractivity contribution is -0.137. The van der Waals surface area contributed by atoms with E-state index in [4.69, 9.17) is 0 Å². The second-order valence-corrected chi connectivity index (χ2v) is 12.4. The molecule has 0 unspecified atom stereocenters. The predicted molar refractivity (Wildman–Crippen MR) is 132 cm³/mol. The molecule has 0 saturated heterocycles. The normalized spacial score (nSPS) is 14.6. The highest BCUT2D eigenvalue weighted by Gasteiger charge is 2.33. The molecule has 3 rings (SSSR count). The van der Waals surface area contributed by atoms with Gasteiger partial charge in [0.25, 0.3) is 0 Å². The van der Waals surface area contributed by atoms with E-state index in [-0.39, 0.29) is 16.7 Å². The Morgan fingerprint density at radius 3 is 2.21 bits per heavy atom. The van der Waals surface area contributed by atoms with Gasteiger partial charge in [-0.25, -0.2) is 8.60 Å². The van der Waals surface area contributed by atoms with E-state index in [1.165, 1.54) is 12.1 Å². The fourth-order valence-corrected chi connectivity index (χ4v) is 4.32. The van der Waals surface area contributed by atoms with Gasteiger partial charge in [-0.05, 0) is 49.4 Å². The summed E-state index contributed by atoms with van der Waals surface area (Å²) in [6, 6.07) is 10.4. The Labute approximate surface area is 200 Å². The van der Waals surface area contributed by atoms with Gasteiger partial charge in [0.2, 0.25) is 0 Å². The number of hydrogen-bond acceptors (Lipinski definition) is 1. The van der Waals surface area contributed by atoms with Crippen LogP contribution >= 0.6 is 0 Å². The van der Waals surface area contributed by atoms with Crippen molar-refractivity contribution in [1.82, 2.24) is 4.57 Å². The van der Waals surface area contributed by atoms with Gasteiger partial charge in [0.15, 0.2) is 0 Å². The highest BCUT2D eigenvalue weighted by molar-refractivity contribution is 7.85. The van der Waals surface area contributed by atoms with Gasteiger partial charge in [-0.2, -0.15) is 17.6 Å². The van der Waals surface area contributed by atoms with Crippen molar-refractivity contribution in [1.29, 1.82) is 0 Å². The second-order valence-electron chi connectivity index (χ2n) is 10.5. The minimum atomic E-state index is -4.49. The van der Waals surface area contributed by atoms with E-state index < -0.39 is 34.1 Å². The lowest BCUT2D eigenvalue weighted by atomic mass is 9.96. The van der Waals surface area contributed by atoms with Gasteiger partial charge in [0.05, 0.1) is 16.0 Å². The Kier molecular flexibility index (Phi) is 7.14. The van der Waals surface area contributed by atoms with E-state index in [9.17, 15) is 21.8 Å². The van der Waals surface area contributed by atoms with Gasteiger partial charge in [0, 0.05) is 29.2 Å². The zero-order chi connectivity index (χ0) is 25.5. The van der Waals surface area contributed by atoms with Gasteiger partial charge in [0.1, 0.15) is 17.7 Å². The van der Waals surface area contributed by atoms with Crippen molar-refractivity contribution in [3.63, 3.8) is 0 Å². The lowest BCUT2D eigenvalue weighted by Crippen LogP contribution is -2.21. The first-order valence-corrected chi connectivity index (χ1v) is 12.1. The molecule has 184 valence electrons. The maximum atomic E-state index is 14.1. The maximum absolute atomic E-state index is 14.1. The number of hydrogen-bond donors (Lipinski definition) is 0. The number of aromatic nitrogens is 1. The molecule has 1 heterocycles. The Bertz CT molecular complexity index is 1240. The maximum Gasteiger partial charge on any atom is 0.417 e. The van der Waals surface area contributed by atoms with E-state index in [0.29, 0.717) is 28.6 Å². The quantitative estimate of drug-likeness (QED) is 0.266. The first kappa shape index (κ1) is 26.1. The summed E-state index contributed by atoms with van der Waals surface area (Å²) in [6.07, 6.45) is -2.73. The smallest absolute Gasteiger partial charge is 0.346 e. The molecule has 0 saturated carbocycles. The highest BCUT2D eigenvalue weighted by atomic mass is 32.2. The van der Waals surface area contributed by atoms with Crippen molar-refractivity contribution in [3.05, 3.63) is 59.8 Å². The Balaban J connectivity index is 2.26. The third-order valence-corrected chi connectivity index (χ3v) is 6.66. The van der Waals surface area contributed by atoms with E-state index in [1.807, 2.05) is 25.3 Å². The molecule has 0 N–H and O–H groups in total. The number of rotatable bonds is 5. The SMILES string of the molecule is CC(C)(C)Cn1cc(/C(CF)=N\[S@@](=O)C(C)(C)C)c2ccc(-c3ccccc3C(F)(F)F)cc21. The zero-order valence-corrected chi connectivity index (χ0v) is 21.1. The van der Waals surface area contributed by atoms with Crippen LogP contribution in [-0.4, -0.2) is 25.9 Å². The van der Waals surface area contributed by atoms with Crippen molar-refractivity contribution < 1.29 is 21.8 Å². The Morgan fingerprint density at radius 1 is 1.00 bits per heavy atom. The van der Waals surface area contributed by atoms with Gasteiger partial charge < -0.3 is 4.57 Å². The van der Waals surface area contributed by atoms with Crippen LogP contribution < -0.4 is 0 Å². The van der Waals surface area contributed by atoms with E-state index in [2.05, 4.69) is 4.40 Å². The van der Waals surface area contributed by atoms with E-state index in [1.54, 1.807) is 51.2 Å². The molecule has 3 aromatic rings. The number of halogens is 4. The summed E-state index contributed by atoms with van der Waals surface area (Å²) in [5.74, 6) is 0. The molecule has 0 spiro atoms. The molecule has 0 aliphatic heterocycles. The predicted octanol–water partition coefficient (Wildman–Crippen LogP) is 7.59. The number of nitrogens with zero attached hydrogens (tertiary/aromatic N) is 2. The van der Waals surface area contributed by atoms with Crippen LogP contribution in [0.15, 0.2) is 53.1 Å². The molecule has 2 aromatic carbocycles. The molecule has 8 heteroatoms. The van der Waals surface area contributed by atoms with Crippen molar-refractivity contribution in [3.8, 4) is 11.1 Å². The van der Waals surface area contributed by atoms with Crippen LogP contribution in [0, 0.1) is 5.41 Å². The van der Waals surface area contributed by atoms with Crippen LogP contribution in [0.2, 0.25) is 0 Å². The summed E-state index contributed by atoms with van der Waals surface area (Å²) >= 11 is 0. The largest absolute Gasteiger partial charge is 0.417 e. The highest BCUT2D eigenvalue weighted by Crippen LogP contribution is 2.38. The van der Waals surface area contributed by atoms with E-state index >= 15 is 0 Å². The van der Waals surface area contributed by atoms with Crippen LogP contribution in [0.4, 0.5) is 17.6 Å². The lowest BCUT2D eigenvalue weighted by Gasteiger charge is -2.20. The third kappa shape index (κ3) is 5.77. The Morgan fingerprint density at radius 2 is 1.65 bits per heavy atom. The molecule has 0 aliphatic rings. The molecular weight excluding hydrogens is 464 g/mol. The van der Waals surface area contributed by atoms with E-state index in [0.717, 1.165) is 6.07 Å². The minimum absolute atomic E-state index is 0.0642. The van der Waals surface area contributed by atoms with Gasteiger partial charge in [-0.1, -0.05) is 51.1 Å². The van der Waals surface area contributed by atoms with Crippen molar-refractivity contribution >= 4 is 27.6 Å². The average molecular weight is 495 g/mol. The fourth-order valence-electron chi connectivity index (χ4n) is 3.70. The molecule has 0 radical (unpaired) electrons. The minimum Gasteiger partial charge on any atom is -0.346 e. The number of alkyl halides is 4. The average Bonchev–Trinajstić information content (AvgIpc) is 3.06. The summed E-state index contributed by atoms with van der Waals surface area (Å²) in [7, 11) is -1.65. The molecule has 1 atom stereocenters. The first-order chi connectivity index (χ1) is 15.6. The molecule has 1 aromatic heterocycles. The number of fused-ring (bicyclic) bond motifs is 1. The van der Waals surface area contributed by atoms with Crippen LogP contribution in [0.25, 0.3) is 22.0 Å². The topological polar surface area (TPSA) is 34.4 Å². The molecule has 0 aliphatic carbocycles. The Hall–Kier alpha value is -2.48. The summed E-state index contributed by atoms with van der Waals surface area (Å²) < 4.78 is 73.0. The summed E-state index contributed by atoms with van der Waals surface area (Å²) in [5.41, 5.74) is 0.860. The number of benzene rings is 2.